The predicted molar refractivity (Wildman–Crippen MR) is 137 cm³/mol. The number of fused-ring (bicyclic) bond motifs is 1. The first-order valence-corrected chi connectivity index (χ1v) is 12.4. The minimum absolute atomic E-state index is 0.00281. The smallest absolute Gasteiger partial charge is 0.236 e. The highest BCUT2D eigenvalue weighted by atomic mass is 16.5. The molecule has 3 unspecified atom stereocenters. The maximum Gasteiger partial charge on any atom is 0.236 e. The van der Waals surface area contributed by atoms with E-state index >= 15 is 0 Å². The second kappa shape index (κ2) is 9.38. The van der Waals surface area contributed by atoms with Crippen molar-refractivity contribution in [2.75, 3.05) is 26.1 Å². The molecule has 1 saturated heterocycles. The van der Waals surface area contributed by atoms with E-state index in [2.05, 4.69) is 35.2 Å². The van der Waals surface area contributed by atoms with Crippen LogP contribution in [-0.2, 0) is 16.0 Å². The fourth-order valence-corrected chi connectivity index (χ4v) is 5.35. The molecule has 3 atom stereocenters. The van der Waals surface area contributed by atoms with Gasteiger partial charge in [-0.3, -0.25) is 4.79 Å². The molecule has 1 aromatic heterocycles. The zero-order chi connectivity index (χ0) is 24.6. The lowest BCUT2D eigenvalue weighted by Gasteiger charge is -2.35. The number of hydrogen-bond acceptors (Lipinski definition) is 5. The number of methoxy groups -OCH3 is 1. The SMILES string of the molecule is COc1cccc(CC2(C(=O)Nc3ccc4c(cnn4C4CCCCO4)c3)C=CN(C)C2C)c1C. The van der Waals surface area contributed by atoms with Gasteiger partial charge in [0.15, 0.2) is 6.23 Å². The Morgan fingerprint density at radius 3 is 2.86 bits per heavy atom. The van der Waals surface area contributed by atoms with Gasteiger partial charge in [0.1, 0.15) is 5.75 Å². The highest BCUT2D eigenvalue weighted by Crippen LogP contribution is 2.40. The first kappa shape index (κ1) is 23.4. The Balaban J connectivity index is 1.42. The molecule has 0 saturated carbocycles. The minimum atomic E-state index is -0.707. The lowest BCUT2D eigenvalue weighted by molar-refractivity contribution is -0.124. The Labute approximate surface area is 206 Å². The summed E-state index contributed by atoms with van der Waals surface area (Å²) < 4.78 is 13.4. The third-order valence-corrected chi connectivity index (χ3v) is 7.77. The van der Waals surface area contributed by atoms with E-state index in [9.17, 15) is 4.79 Å². The lowest BCUT2D eigenvalue weighted by Crippen LogP contribution is -2.46. The summed E-state index contributed by atoms with van der Waals surface area (Å²) in [6.07, 6.45) is 9.70. The van der Waals surface area contributed by atoms with Crippen LogP contribution in [0, 0.1) is 12.3 Å². The van der Waals surface area contributed by atoms with Gasteiger partial charge < -0.3 is 19.7 Å². The normalized spacial score (nSPS) is 24.2. The molecule has 2 aliphatic rings. The number of rotatable bonds is 6. The molecule has 0 radical (unpaired) electrons. The van der Waals surface area contributed by atoms with Crippen LogP contribution in [0.1, 0.15) is 43.5 Å². The maximum atomic E-state index is 13.9. The van der Waals surface area contributed by atoms with Gasteiger partial charge in [0, 0.05) is 30.8 Å². The first-order valence-electron chi connectivity index (χ1n) is 12.4. The van der Waals surface area contributed by atoms with Crippen LogP contribution in [0.15, 0.2) is 54.9 Å². The number of carbonyl (C=O) groups is 1. The van der Waals surface area contributed by atoms with E-state index in [1.54, 1.807) is 7.11 Å². The molecule has 2 aromatic carbocycles. The lowest BCUT2D eigenvalue weighted by atomic mass is 9.75. The fourth-order valence-electron chi connectivity index (χ4n) is 5.35. The van der Waals surface area contributed by atoms with E-state index in [4.69, 9.17) is 9.47 Å². The van der Waals surface area contributed by atoms with Crippen LogP contribution in [-0.4, -0.2) is 47.4 Å². The molecule has 7 nitrogen and oxygen atoms in total. The molecule has 1 amide bonds. The number of nitrogens with zero attached hydrogens (tertiary/aromatic N) is 3. The van der Waals surface area contributed by atoms with Crippen molar-refractivity contribution in [3.63, 3.8) is 0 Å². The second-order valence-electron chi connectivity index (χ2n) is 9.76. The molecule has 35 heavy (non-hydrogen) atoms. The van der Waals surface area contributed by atoms with Gasteiger partial charge in [0.25, 0.3) is 0 Å². The largest absolute Gasteiger partial charge is 0.496 e. The molecule has 3 aromatic rings. The molecule has 0 bridgehead atoms. The molecular weight excluding hydrogens is 440 g/mol. The van der Waals surface area contributed by atoms with Crippen LogP contribution in [0.4, 0.5) is 5.69 Å². The minimum Gasteiger partial charge on any atom is -0.496 e. The monoisotopic (exact) mass is 474 g/mol. The summed E-state index contributed by atoms with van der Waals surface area (Å²) in [6, 6.07) is 12.0. The van der Waals surface area contributed by atoms with E-state index in [-0.39, 0.29) is 18.2 Å². The summed E-state index contributed by atoms with van der Waals surface area (Å²) in [5, 5.41) is 8.78. The van der Waals surface area contributed by atoms with Crippen LogP contribution in [0.5, 0.6) is 5.75 Å². The van der Waals surface area contributed by atoms with Gasteiger partial charge in [-0.2, -0.15) is 5.10 Å². The Morgan fingerprint density at radius 1 is 1.29 bits per heavy atom. The first-order chi connectivity index (χ1) is 16.9. The van der Waals surface area contributed by atoms with Crippen LogP contribution in [0.2, 0.25) is 0 Å². The molecule has 0 spiro atoms. The molecule has 5 rings (SSSR count). The summed E-state index contributed by atoms with van der Waals surface area (Å²) in [6.45, 7) is 4.93. The summed E-state index contributed by atoms with van der Waals surface area (Å²) >= 11 is 0. The van der Waals surface area contributed by atoms with Crippen molar-refractivity contribution < 1.29 is 14.3 Å². The van der Waals surface area contributed by atoms with E-state index in [0.29, 0.717) is 6.42 Å². The fraction of sp³-hybridized carbons (Fsp3) is 0.429. The van der Waals surface area contributed by atoms with E-state index < -0.39 is 5.41 Å². The van der Waals surface area contributed by atoms with Crippen molar-refractivity contribution in [1.29, 1.82) is 0 Å². The summed E-state index contributed by atoms with van der Waals surface area (Å²) in [5.74, 6) is 0.820. The molecule has 1 fully saturated rings. The Morgan fingerprint density at radius 2 is 2.14 bits per heavy atom. The van der Waals surface area contributed by atoms with E-state index in [0.717, 1.165) is 59.3 Å². The van der Waals surface area contributed by atoms with Crippen molar-refractivity contribution in [2.45, 2.75) is 51.8 Å². The topological polar surface area (TPSA) is 68.6 Å². The quantitative estimate of drug-likeness (QED) is 0.540. The number of carbonyl (C=O) groups excluding carboxylic acids is 1. The number of amides is 1. The molecule has 0 aliphatic carbocycles. The number of ether oxygens (including phenoxy) is 2. The van der Waals surface area contributed by atoms with E-state index in [1.165, 1.54) is 0 Å². The van der Waals surface area contributed by atoms with Crippen molar-refractivity contribution in [2.24, 2.45) is 5.41 Å². The Kier molecular flexibility index (Phi) is 6.28. The average Bonchev–Trinajstić information content (AvgIpc) is 3.42. The van der Waals surface area contributed by atoms with Crippen LogP contribution >= 0.6 is 0 Å². The third kappa shape index (κ3) is 4.18. The van der Waals surface area contributed by atoms with Gasteiger partial charge in [-0.25, -0.2) is 4.68 Å². The number of anilines is 1. The van der Waals surface area contributed by atoms with Crippen molar-refractivity contribution in [3.05, 3.63) is 66.0 Å². The van der Waals surface area contributed by atoms with Gasteiger partial charge in [0.05, 0.1) is 24.2 Å². The summed E-state index contributed by atoms with van der Waals surface area (Å²) in [5.41, 5.74) is 3.25. The number of aromatic nitrogens is 2. The van der Waals surface area contributed by atoms with Crippen molar-refractivity contribution in [1.82, 2.24) is 14.7 Å². The summed E-state index contributed by atoms with van der Waals surface area (Å²) in [4.78, 5) is 16.0. The highest BCUT2D eigenvalue weighted by molar-refractivity contribution is 5.99. The van der Waals surface area contributed by atoms with Gasteiger partial charge in [-0.05, 0) is 81.1 Å². The standard InChI is InChI=1S/C28H34N4O3/c1-19-21(8-7-9-25(19)34-4)17-28(13-14-31(3)20(28)2)27(33)30-23-11-12-24-22(16-23)18-29-32(24)26-10-5-6-15-35-26/h7-9,11-14,16,18,20,26H,5-6,10,15,17H2,1-4H3,(H,30,33). The third-order valence-electron chi connectivity index (χ3n) is 7.77. The Bertz CT molecular complexity index is 1260. The molecule has 3 heterocycles. The van der Waals surface area contributed by atoms with Crippen LogP contribution < -0.4 is 10.1 Å². The zero-order valence-electron chi connectivity index (χ0n) is 21.0. The van der Waals surface area contributed by atoms with Crippen molar-refractivity contribution >= 4 is 22.5 Å². The predicted octanol–water partition coefficient (Wildman–Crippen LogP) is 5.07. The molecule has 1 N–H and O–H groups in total. The zero-order valence-corrected chi connectivity index (χ0v) is 21.0. The average molecular weight is 475 g/mol. The molecule has 2 aliphatic heterocycles. The van der Waals surface area contributed by atoms with Gasteiger partial charge in [-0.1, -0.05) is 18.2 Å². The molecular formula is C28H34N4O3. The maximum absolute atomic E-state index is 13.9. The Hall–Kier alpha value is -3.32. The number of nitrogens with one attached hydrogen (secondary N) is 1. The van der Waals surface area contributed by atoms with Gasteiger partial charge in [-0.15, -0.1) is 0 Å². The van der Waals surface area contributed by atoms with Gasteiger partial charge >= 0.3 is 0 Å². The second-order valence-corrected chi connectivity index (χ2v) is 9.76. The van der Waals surface area contributed by atoms with Crippen LogP contribution in [0.25, 0.3) is 10.9 Å². The van der Waals surface area contributed by atoms with Crippen LogP contribution in [0.3, 0.4) is 0 Å². The van der Waals surface area contributed by atoms with E-state index in [1.807, 2.05) is 60.5 Å². The number of hydrogen-bond donors (Lipinski definition) is 1. The molecule has 7 heteroatoms. The highest BCUT2D eigenvalue weighted by Gasteiger charge is 2.46. The summed E-state index contributed by atoms with van der Waals surface area (Å²) in [7, 11) is 3.70. The van der Waals surface area contributed by atoms with Gasteiger partial charge in [0.2, 0.25) is 5.91 Å². The molecule has 184 valence electrons. The number of benzene rings is 2. The van der Waals surface area contributed by atoms with Crippen molar-refractivity contribution in [3.8, 4) is 5.75 Å².